The number of ketones is 1. The largest absolute Gasteiger partial charge is 0.326 e. The Balaban J connectivity index is 1.86. The Hall–Kier alpha value is -2.47. The summed E-state index contributed by atoms with van der Waals surface area (Å²) in [6.45, 7) is 2.17. The maximum atomic E-state index is 12.3. The minimum Gasteiger partial charge on any atom is -0.326 e. The van der Waals surface area contributed by atoms with E-state index in [4.69, 9.17) is 0 Å². The molecule has 0 fully saturated rings. The molecule has 2 rings (SSSR count). The van der Waals surface area contributed by atoms with Crippen molar-refractivity contribution in [3.05, 3.63) is 59.7 Å². The van der Waals surface area contributed by atoms with Crippen LogP contribution in [0.3, 0.4) is 0 Å². The van der Waals surface area contributed by atoms with Gasteiger partial charge in [0.25, 0.3) is 0 Å². The zero-order chi connectivity index (χ0) is 20.6. The maximum absolute atomic E-state index is 12.3. The maximum Gasteiger partial charge on any atom is 0.224 e. The predicted molar refractivity (Wildman–Crippen MR) is 111 cm³/mol. The lowest BCUT2D eigenvalue weighted by Gasteiger charge is -2.07. The highest BCUT2D eigenvalue weighted by atomic mass is 32.2. The summed E-state index contributed by atoms with van der Waals surface area (Å²) >= 11 is 0. The Labute approximate surface area is 167 Å². The number of unbranched alkanes of at least 4 members (excludes halogenated alkanes) is 2. The Kier molecular flexibility index (Phi) is 7.93. The fraction of sp³-hybridized carbons (Fsp3) is 0.364. The van der Waals surface area contributed by atoms with Crippen molar-refractivity contribution in [3.8, 4) is 0 Å². The van der Waals surface area contributed by atoms with Gasteiger partial charge in [0.1, 0.15) is 0 Å². The van der Waals surface area contributed by atoms with Gasteiger partial charge in [0, 0.05) is 30.3 Å². The summed E-state index contributed by atoms with van der Waals surface area (Å²) in [6, 6.07) is 13.6. The average Bonchev–Trinajstić information content (AvgIpc) is 2.66. The van der Waals surface area contributed by atoms with Gasteiger partial charge in [-0.15, -0.1) is 0 Å². The van der Waals surface area contributed by atoms with Crippen LogP contribution in [0.5, 0.6) is 0 Å². The predicted octanol–water partition coefficient (Wildman–Crippen LogP) is 4.42. The van der Waals surface area contributed by atoms with E-state index >= 15 is 0 Å². The van der Waals surface area contributed by atoms with Crippen molar-refractivity contribution in [1.82, 2.24) is 0 Å². The highest BCUT2D eigenvalue weighted by molar-refractivity contribution is 7.90. The van der Waals surface area contributed by atoms with Crippen LogP contribution in [-0.4, -0.2) is 26.4 Å². The Bertz CT molecular complexity index is 918. The summed E-state index contributed by atoms with van der Waals surface area (Å²) in [5.74, 6) is -0.407. The molecule has 0 aliphatic carbocycles. The molecule has 0 saturated heterocycles. The fourth-order valence-corrected chi connectivity index (χ4v) is 3.50. The SMILES string of the molecule is CCCCCc1ccc(C(=O)CCC(=O)Nc2cccc(S(C)(=O)=O)c2)cc1. The molecule has 0 atom stereocenters. The fourth-order valence-electron chi connectivity index (χ4n) is 2.84. The molecule has 0 heterocycles. The van der Waals surface area contributed by atoms with Crippen molar-refractivity contribution in [2.24, 2.45) is 0 Å². The topological polar surface area (TPSA) is 80.3 Å². The summed E-state index contributed by atoms with van der Waals surface area (Å²) in [4.78, 5) is 24.5. The zero-order valence-corrected chi connectivity index (χ0v) is 17.2. The number of Topliss-reactive ketones (excluding diaryl/α,β-unsaturated/α-hetero) is 1. The van der Waals surface area contributed by atoms with Crippen LogP contribution < -0.4 is 5.32 Å². The molecule has 0 bridgehead atoms. The lowest BCUT2D eigenvalue weighted by Crippen LogP contribution is -2.14. The van der Waals surface area contributed by atoms with Crippen molar-refractivity contribution in [3.63, 3.8) is 0 Å². The molecule has 0 spiro atoms. The van der Waals surface area contributed by atoms with Crippen LogP contribution in [0.4, 0.5) is 5.69 Å². The van der Waals surface area contributed by atoms with Crippen molar-refractivity contribution >= 4 is 27.2 Å². The van der Waals surface area contributed by atoms with Gasteiger partial charge in [-0.3, -0.25) is 9.59 Å². The second kappa shape index (κ2) is 10.2. The smallest absolute Gasteiger partial charge is 0.224 e. The quantitative estimate of drug-likeness (QED) is 0.472. The Morgan fingerprint density at radius 2 is 1.68 bits per heavy atom. The molecule has 0 aliphatic heterocycles. The minimum absolute atomic E-state index is 0.0419. The summed E-state index contributed by atoms with van der Waals surface area (Å²) in [5, 5.41) is 2.64. The molecule has 5 nitrogen and oxygen atoms in total. The van der Waals surface area contributed by atoms with E-state index in [1.807, 2.05) is 24.3 Å². The first-order valence-electron chi connectivity index (χ1n) is 9.51. The van der Waals surface area contributed by atoms with E-state index in [0.717, 1.165) is 19.1 Å². The van der Waals surface area contributed by atoms with E-state index in [-0.39, 0.29) is 29.4 Å². The number of hydrogen-bond acceptors (Lipinski definition) is 4. The second-order valence-corrected chi connectivity index (χ2v) is 8.94. The third kappa shape index (κ3) is 6.93. The van der Waals surface area contributed by atoms with Crippen LogP contribution in [0.15, 0.2) is 53.4 Å². The van der Waals surface area contributed by atoms with Gasteiger partial charge in [-0.25, -0.2) is 8.42 Å². The van der Waals surface area contributed by atoms with Crippen molar-refractivity contribution in [1.29, 1.82) is 0 Å². The van der Waals surface area contributed by atoms with E-state index in [0.29, 0.717) is 11.3 Å². The summed E-state index contributed by atoms with van der Waals surface area (Å²) in [5.41, 5.74) is 2.22. The number of anilines is 1. The lowest BCUT2D eigenvalue weighted by molar-refractivity contribution is -0.116. The van der Waals surface area contributed by atoms with Gasteiger partial charge >= 0.3 is 0 Å². The molecule has 0 aromatic heterocycles. The van der Waals surface area contributed by atoms with Gasteiger partial charge in [0.15, 0.2) is 15.6 Å². The molecule has 0 radical (unpaired) electrons. The van der Waals surface area contributed by atoms with E-state index < -0.39 is 9.84 Å². The third-order valence-electron chi connectivity index (χ3n) is 4.47. The minimum atomic E-state index is -3.34. The molecule has 150 valence electrons. The van der Waals surface area contributed by atoms with Crippen molar-refractivity contribution < 1.29 is 18.0 Å². The molecule has 6 heteroatoms. The lowest BCUT2D eigenvalue weighted by atomic mass is 10.0. The van der Waals surface area contributed by atoms with E-state index in [1.54, 1.807) is 12.1 Å². The number of benzene rings is 2. The first kappa shape index (κ1) is 21.8. The normalized spacial score (nSPS) is 11.2. The molecule has 28 heavy (non-hydrogen) atoms. The van der Waals surface area contributed by atoms with Crippen molar-refractivity contribution in [2.45, 2.75) is 50.3 Å². The molecule has 2 aromatic carbocycles. The molecule has 0 aliphatic rings. The number of nitrogens with one attached hydrogen (secondary N) is 1. The number of rotatable bonds is 10. The molecular formula is C22H27NO4S. The van der Waals surface area contributed by atoms with Crippen LogP contribution in [0.1, 0.15) is 54.9 Å². The van der Waals surface area contributed by atoms with E-state index in [1.165, 1.54) is 30.5 Å². The molecular weight excluding hydrogens is 374 g/mol. The highest BCUT2D eigenvalue weighted by Crippen LogP contribution is 2.16. The highest BCUT2D eigenvalue weighted by Gasteiger charge is 2.12. The Morgan fingerprint density at radius 3 is 2.32 bits per heavy atom. The zero-order valence-electron chi connectivity index (χ0n) is 16.4. The van der Waals surface area contributed by atoms with Gasteiger partial charge in [0.05, 0.1) is 4.90 Å². The van der Waals surface area contributed by atoms with Crippen LogP contribution in [0.2, 0.25) is 0 Å². The number of hydrogen-bond donors (Lipinski definition) is 1. The molecule has 0 unspecified atom stereocenters. The van der Waals surface area contributed by atoms with Crippen molar-refractivity contribution in [2.75, 3.05) is 11.6 Å². The summed E-state index contributed by atoms with van der Waals surface area (Å²) < 4.78 is 23.2. The van der Waals surface area contributed by atoms with Crippen LogP contribution in [-0.2, 0) is 21.1 Å². The van der Waals surface area contributed by atoms with Gasteiger partial charge < -0.3 is 5.32 Å². The van der Waals surface area contributed by atoms with Crippen LogP contribution >= 0.6 is 0 Å². The molecule has 0 saturated carbocycles. The molecule has 1 N–H and O–H groups in total. The first-order valence-corrected chi connectivity index (χ1v) is 11.4. The standard InChI is InChI=1S/C22H27NO4S/c1-3-4-5-7-17-10-12-18(13-11-17)21(24)14-15-22(25)23-19-8-6-9-20(16-19)28(2,26)27/h6,8-13,16H,3-5,7,14-15H2,1-2H3,(H,23,25). The van der Waals surface area contributed by atoms with Crippen LogP contribution in [0.25, 0.3) is 0 Å². The van der Waals surface area contributed by atoms with Gasteiger partial charge in [-0.1, -0.05) is 50.1 Å². The van der Waals surface area contributed by atoms with Crippen LogP contribution in [0, 0.1) is 0 Å². The second-order valence-electron chi connectivity index (χ2n) is 6.93. The summed E-state index contributed by atoms with van der Waals surface area (Å²) in [7, 11) is -3.34. The van der Waals surface area contributed by atoms with Gasteiger partial charge in [-0.2, -0.15) is 0 Å². The number of carbonyl (C=O) groups is 2. The number of amides is 1. The number of carbonyl (C=O) groups excluding carboxylic acids is 2. The monoisotopic (exact) mass is 401 g/mol. The van der Waals surface area contributed by atoms with Gasteiger partial charge in [-0.05, 0) is 36.6 Å². The number of sulfone groups is 1. The van der Waals surface area contributed by atoms with E-state index in [9.17, 15) is 18.0 Å². The van der Waals surface area contributed by atoms with E-state index in [2.05, 4.69) is 12.2 Å². The third-order valence-corrected chi connectivity index (χ3v) is 5.58. The summed E-state index contributed by atoms with van der Waals surface area (Å²) in [6.07, 6.45) is 5.79. The molecule has 2 aromatic rings. The molecule has 1 amide bonds. The average molecular weight is 402 g/mol. The van der Waals surface area contributed by atoms with Gasteiger partial charge in [0.2, 0.25) is 5.91 Å². The Morgan fingerprint density at radius 1 is 0.964 bits per heavy atom. The first-order chi connectivity index (χ1) is 13.3. The number of aryl methyl sites for hydroxylation is 1.